The topological polar surface area (TPSA) is 29.4 Å². The fraction of sp³-hybridized carbons (Fsp3) is 0.250. The van der Waals surface area contributed by atoms with Crippen molar-refractivity contribution in [3.05, 3.63) is 72.8 Å². The molecule has 2 aromatic carbocycles. The lowest BCUT2D eigenvalue weighted by atomic mass is 10.1. The number of nitrogens with zero attached hydrogens (tertiary/aromatic N) is 1. The Morgan fingerprint density at radius 2 is 1.48 bits per heavy atom. The minimum atomic E-state index is -3.01. The molecule has 0 aromatic heterocycles. The van der Waals surface area contributed by atoms with Gasteiger partial charge in [0, 0.05) is 16.3 Å². The predicted molar refractivity (Wildman–Crippen MR) is 101 cm³/mol. The van der Waals surface area contributed by atoms with Crippen LogP contribution in [0.5, 0.6) is 0 Å². The van der Waals surface area contributed by atoms with E-state index in [0.717, 1.165) is 22.7 Å². The van der Waals surface area contributed by atoms with Crippen LogP contribution in [0.1, 0.15) is 27.2 Å². The predicted octanol–water partition coefficient (Wildman–Crippen LogP) is 4.98. The Morgan fingerprint density at radius 1 is 1.00 bits per heavy atom. The molecule has 0 amide bonds. The third-order valence-corrected chi connectivity index (χ3v) is 6.07. The lowest BCUT2D eigenvalue weighted by molar-refractivity contribution is 0.588. The van der Waals surface area contributed by atoms with E-state index in [0.29, 0.717) is 5.92 Å². The third kappa shape index (κ3) is 4.77. The summed E-state index contributed by atoms with van der Waals surface area (Å²) in [5, 5.41) is 1.53. The molecule has 2 aromatic rings. The van der Waals surface area contributed by atoms with E-state index in [2.05, 4.69) is 24.7 Å². The van der Waals surface area contributed by atoms with Gasteiger partial charge in [-0.2, -0.15) is 0 Å². The van der Waals surface area contributed by atoms with E-state index in [1.807, 2.05) is 73.7 Å². The quantitative estimate of drug-likeness (QED) is 0.544. The zero-order valence-electron chi connectivity index (χ0n) is 14.0. The van der Waals surface area contributed by atoms with Crippen LogP contribution in [0.2, 0.25) is 0 Å². The Hall–Kier alpha value is -1.92. The second-order valence-electron chi connectivity index (χ2n) is 6.02. The molecule has 0 N–H and O–H groups in total. The van der Waals surface area contributed by atoms with Crippen LogP contribution in [-0.2, 0) is 4.57 Å². The highest BCUT2D eigenvalue weighted by Gasteiger charge is 2.26. The monoisotopic (exact) mass is 325 g/mol. The van der Waals surface area contributed by atoms with Gasteiger partial charge in [0.1, 0.15) is 0 Å². The van der Waals surface area contributed by atoms with Gasteiger partial charge in [0.25, 0.3) is 0 Å². The fourth-order valence-corrected chi connectivity index (χ4v) is 4.48. The molecule has 0 saturated heterocycles. The molecule has 0 aliphatic rings. The maximum atomic E-state index is 13.7. The summed E-state index contributed by atoms with van der Waals surface area (Å²) in [6.45, 7) is 6.26. The smallest absolute Gasteiger partial charge is 0.247 e. The number of hydrogen-bond acceptors (Lipinski definition) is 1. The van der Waals surface area contributed by atoms with Gasteiger partial charge in [-0.25, -0.2) is 4.76 Å². The van der Waals surface area contributed by atoms with Crippen LogP contribution in [0.25, 0.3) is 0 Å². The molecule has 3 heteroatoms. The molecule has 0 unspecified atom stereocenters. The molecule has 0 saturated carbocycles. The summed E-state index contributed by atoms with van der Waals surface area (Å²) in [5.74, 6) is 0.606. The molecular weight excluding hydrogens is 301 g/mol. The maximum Gasteiger partial charge on any atom is 0.247 e. The van der Waals surface area contributed by atoms with Crippen molar-refractivity contribution in [1.82, 2.24) is 0 Å². The van der Waals surface area contributed by atoms with E-state index in [1.165, 1.54) is 0 Å². The van der Waals surface area contributed by atoms with Crippen LogP contribution in [0, 0.1) is 5.92 Å². The van der Waals surface area contributed by atoms with Gasteiger partial charge in [0.05, 0.1) is 0 Å². The summed E-state index contributed by atoms with van der Waals surface area (Å²) < 4.78 is 18.3. The summed E-state index contributed by atoms with van der Waals surface area (Å²) >= 11 is 0. The summed E-state index contributed by atoms with van der Waals surface area (Å²) in [5.41, 5.74) is 0.793. The minimum Gasteiger partial charge on any atom is -0.288 e. The first kappa shape index (κ1) is 17.4. The number of hydrogen-bond donors (Lipinski definition) is 0. The molecule has 0 aliphatic carbocycles. The average molecular weight is 325 g/mol. The normalized spacial score (nSPS) is 13.0. The number of rotatable bonds is 6. The molecular formula is C20H24NOP. The molecule has 0 aliphatic heterocycles. The second kappa shape index (κ2) is 8.08. The maximum absolute atomic E-state index is 13.7. The number of allylic oxidation sites excluding steroid dienone is 2. The summed E-state index contributed by atoms with van der Waals surface area (Å²) in [6.07, 6.45) is 5.07. The summed E-state index contributed by atoms with van der Waals surface area (Å²) in [7, 11) is -3.01. The molecule has 0 bridgehead atoms. The first-order chi connectivity index (χ1) is 11.0. The van der Waals surface area contributed by atoms with Crippen molar-refractivity contribution in [2.45, 2.75) is 27.2 Å². The highest BCUT2D eigenvalue weighted by atomic mass is 31.2. The van der Waals surface area contributed by atoms with Gasteiger partial charge in [-0.15, -0.1) is 0 Å². The van der Waals surface area contributed by atoms with Gasteiger partial charge in [-0.1, -0.05) is 56.3 Å². The van der Waals surface area contributed by atoms with Crippen LogP contribution in [0.3, 0.4) is 0 Å². The Bertz CT molecular complexity index is 674. The molecule has 0 radical (unpaired) electrons. The van der Waals surface area contributed by atoms with Crippen molar-refractivity contribution < 1.29 is 4.57 Å². The van der Waals surface area contributed by atoms with Crippen molar-refractivity contribution >= 4 is 23.6 Å². The van der Waals surface area contributed by atoms with Crippen molar-refractivity contribution in [3.63, 3.8) is 0 Å². The molecule has 0 spiro atoms. The summed E-state index contributed by atoms with van der Waals surface area (Å²) in [6, 6.07) is 19.1. The third-order valence-electron chi connectivity index (χ3n) is 3.48. The largest absolute Gasteiger partial charge is 0.288 e. The average Bonchev–Trinajstić information content (AvgIpc) is 2.56. The van der Waals surface area contributed by atoms with Gasteiger partial charge in [0.15, 0.2) is 0 Å². The highest BCUT2D eigenvalue weighted by molar-refractivity contribution is 7.77. The standard InChI is InChI=1S/C20H24NOP/c1-17(2)11-10-12-18(3)21-23(22,19-13-6-4-7-14-19)20-15-8-5-9-16-20/h4-10,12-17H,11H2,1-3H3/b12-10+,21-18+. The Balaban J connectivity index is 2.44. The molecule has 120 valence electrons. The minimum absolute atomic E-state index is 0.606. The second-order valence-corrected chi connectivity index (χ2v) is 8.41. The first-order valence-electron chi connectivity index (χ1n) is 7.97. The fourth-order valence-electron chi connectivity index (χ4n) is 2.29. The SMILES string of the molecule is CC(/C=C/CC(C)C)=N\P(=O)(c1ccccc1)c1ccccc1. The van der Waals surface area contributed by atoms with E-state index < -0.39 is 7.29 Å². The van der Waals surface area contributed by atoms with E-state index in [4.69, 9.17) is 0 Å². The van der Waals surface area contributed by atoms with Gasteiger partial charge >= 0.3 is 0 Å². The van der Waals surface area contributed by atoms with Crippen LogP contribution >= 0.6 is 7.29 Å². The molecule has 2 rings (SSSR count). The lowest BCUT2D eigenvalue weighted by Crippen LogP contribution is -2.15. The molecule has 0 heterocycles. The van der Waals surface area contributed by atoms with Gasteiger partial charge in [-0.05, 0) is 49.6 Å². The van der Waals surface area contributed by atoms with Crippen LogP contribution in [0.4, 0.5) is 0 Å². The lowest BCUT2D eigenvalue weighted by Gasteiger charge is -2.15. The van der Waals surface area contributed by atoms with Crippen molar-refractivity contribution in [2.24, 2.45) is 10.7 Å². The van der Waals surface area contributed by atoms with Gasteiger partial charge < -0.3 is 0 Å². The Morgan fingerprint density at radius 3 is 1.91 bits per heavy atom. The zero-order chi connectivity index (χ0) is 16.7. The van der Waals surface area contributed by atoms with Crippen molar-refractivity contribution in [3.8, 4) is 0 Å². The van der Waals surface area contributed by atoms with E-state index in [-0.39, 0.29) is 0 Å². The van der Waals surface area contributed by atoms with Crippen LogP contribution in [0.15, 0.2) is 77.6 Å². The Labute approximate surface area is 139 Å². The molecule has 0 atom stereocenters. The van der Waals surface area contributed by atoms with Crippen molar-refractivity contribution in [1.29, 1.82) is 0 Å². The van der Waals surface area contributed by atoms with Crippen LogP contribution in [-0.4, -0.2) is 5.71 Å². The van der Waals surface area contributed by atoms with E-state index in [9.17, 15) is 4.57 Å². The molecule has 23 heavy (non-hydrogen) atoms. The van der Waals surface area contributed by atoms with E-state index in [1.54, 1.807) is 0 Å². The zero-order valence-corrected chi connectivity index (χ0v) is 14.9. The highest BCUT2D eigenvalue weighted by Crippen LogP contribution is 2.45. The molecule has 0 fully saturated rings. The van der Waals surface area contributed by atoms with Crippen molar-refractivity contribution in [2.75, 3.05) is 0 Å². The van der Waals surface area contributed by atoms with E-state index >= 15 is 0 Å². The number of benzene rings is 2. The first-order valence-corrected chi connectivity index (χ1v) is 9.63. The van der Waals surface area contributed by atoms with Gasteiger partial charge in [-0.3, -0.25) is 4.57 Å². The van der Waals surface area contributed by atoms with Crippen LogP contribution < -0.4 is 10.6 Å². The summed E-state index contributed by atoms with van der Waals surface area (Å²) in [4.78, 5) is 0. The van der Waals surface area contributed by atoms with Gasteiger partial charge in [0.2, 0.25) is 7.29 Å². The molecule has 2 nitrogen and oxygen atoms in total. The Kier molecular flexibility index (Phi) is 6.12.